The number of thiophene rings is 2. The number of carbonyl (C=O) groups excluding carboxylic acids is 2. The summed E-state index contributed by atoms with van der Waals surface area (Å²) in [5.74, 6) is -0.545. The van der Waals surface area contributed by atoms with Gasteiger partial charge in [-0.25, -0.2) is 5.48 Å². The van der Waals surface area contributed by atoms with Crippen LogP contribution in [0.25, 0.3) is 10.6 Å². The second-order valence-corrected chi connectivity index (χ2v) is 9.47. The fourth-order valence-corrected chi connectivity index (χ4v) is 5.60. The highest BCUT2D eigenvalue weighted by Crippen LogP contribution is 2.40. The van der Waals surface area contributed by atoms with Crippen LogP contribution in [-0.4, -0.2) is 33.5 Å². The summed E-state index contributed by atoms with van der Waals surface area (Å²) in [6, 6.07) is 11.3. The van der Waals surface area contributed by atoms with Gasteiger partial charge in [0.05, 0.1) is 20.3 Å². The molecular weight excluding hydrogens is 394 g/mol. The molecule has 8 heteroatoms. The van der Waals surface area contributed by atoms with E-state index in [4.69, 9.17) is 5.21 Å². The molecule has 3 aromatic heterocycles. The van der Waals surface area contributed by atoms with E-state index < -0.39 is 5.91 Å². The molecule has 3 aromatic rings. The van der Waals surface area contributed by atoms with Crippen LogP contribution in [0.15, 0.2) is 42.6 Å². The number of hydroxylamine groups is 1. The number of rotatable bonds is 3. The van der Waals surface area contributed by atoms with Gasteiger partial charge in [0.2, 0.25) is 0 Å². The predicted octanol–water partition coefficient (Wildman–Crippen LogP) is 3.92. The highest BCUT2D eigenvalue weighted by Gasteiger charge is 2.37. The number of nitrogens with zero attached hydrogens (tertiary/aromatic N) is 2. The van der Waals surface area contributed by atoms with Crippen molar-refractivity contribution in [2.75, 3.05) is 6.54 Å². The maximum absolute atomic E-state index is 13.1. The highest BCUT2D eigenvalue weighted by molar-refractivity contribution is 7.17. The third-order valence-electron chi connectivity index (χ3n) is 4.72. The van der Waals surface area contributed by atoms with E-state index in [1.54, 1.807) is 17.7 Å². The van der Waals surface area contributed by atoms with Crippen molar-refractivity contribution in [3.05, 3.63) is 62.8 Å². The molecule has 1 aliphatic rings. The summed E-state index contributed by atoms with van der Waals surface area (Å²) in [4.78, 5) is 34.2. The molecule has 144 valence electrons. The van der Waals surface area contributed by atoms with Crippen LogP contribution < -0.4 is 5.48 Å². The zero-order valence-electron chi connectivity index (χ0n) is 15.4. The molecule has 0 saturated carbocycles. The Morgan fingerprint density at radius 3 is 2.71 bits per heavy atom. The van der Waals surface area contributed by atoms with E-state index in [-0.39, 0.29) is 11.3 Å². The Hall–Kier alpha value is -2.55. The lowest BCUT2D eigenvalue weighted by molar-refractivity contribution is 0.0694. The van der Waals surface area contributed by atoms with Crippen molar-refractivity contribution in [3.63, 3.8) is 0 Å². The molecule has 2 N–H and O–H groups in total. The zero-order chi connectivity index (χ0) is 19.9. The Balaban J connectivity index is 1.60. The summed E-state index contributed by atoms with van der Waals surface area (Å²) < 4.78 is 0. The van der Waals surface area contributed by atoms with Crippen LogP contribution in [0.2, 0.25) is 0 Å². The molecule has 0 atom stereocenters. The first-order valence-electron chi connectivity index (χ1n) is 8.77. The normalized spacial score (nSPS) is 15.2. The topological polar surface area (TPSA) is 82.5 Å². The minimum Gasteiger partial charge on any atom is -0.333 e. The summed E-state index contributed by atoms with van der Waals surface area (Å²) >= 11 is 2.80. The first-order chi connectivity index (χ1) is 13.4. The largest absolute Gasteiger partial charge is 0.333 e. The van der Waals surface area contributed by atoms with E-state index in [1.165, 1.54) is 22.7 Å². The smallest absolute Gasteiger partial charge is 0.284 e. The van der Waals surface area contributed by atoms with Crippen molar-refractivity contribution in [3.8, 4) is 10.6 Å². The quantitative estimate of drug-likeness (QED) is 0.504. The number of hydrogen-bond donors (Lipinski definition) is 2. The molecule has 0 saturated heterocycles. The number of fused-ring (bicyclic) bond motifs is 1. The molecule has 0 spiro atoms. The molecule has 0 radical (unpaired) electrons. The van der Waals surface area contributed by atoms with Crippen LogP contribution in [0.3, 0.4) is 0 Å². The second-order valence-electron chi connectivity index (χ2n) is 7.33. The molecule has 4 rings (SSSR count). The van der Waals surface area contributed by atoms with E-state index in [9.17, 15) is 9.59 Å². The van der Waals surface area contributed by atoms with E-state index in [1.807, 2.05) is 35.2 Å². The summed E-state index contributed by atoms with van der Waals surface area (Å²) in [6.07, 6.45) is 1.74. The maximum atomic E-state index is 13.1. The van der Waals surface area contributed by atoms with Crippen molar-refractivity contribution < 1.29 is 14.8 Å². The fourth-order valence-electron chi connectivity index (χ4n) is 3.49. The lowest BCUT2D eigenvalue weighted by Gasteiger charge is -2.37. The summed E-state index contributed by atoms with van der Waals surface area (Å²) in [5, 5.41) is 8.90. The number of nitrogens with one attached hydrogen (secondary N) is 1. The molecule has 1 aliphatic heterocycles. The van der Waals surface area contributed by atoms with Crippen LogP contribution in [0.4, 0.5) is 0 Å². The predicted molar refractivity (Wildman–Crippen MR) is 109 cm³/mol. The van der Waals surface area contributed by atoms with Gasteiger partial charge in [0.15, 0.2) is 0 Å². The molecule has 0 aliphatic carbocycles. The number of pyridine rings is 1. The SMILES string of the molecule is CC1(C)CN(C(=O)c2ccc(-c3ccccn3)s2)Cc2cc(C(=O)NO)sc21. The third kappa shape index (κ3) is 3.34. The Labute approximate surface area is 170 Å². The third-order valence-corrected chi connectivity index (χ3v) is 7.36. The summed E-state index contributed by atoms with van der Waals surface area (Å²) in [6.45, 7) is 5.15. The van der Waals surface area contributed by atoms with Crippen molar-refractivity contribution in [1.29, 1.82) is 0 Å². The van der Waals surface area contributed by atoms with E-state index >= 15 is 0 Å². The fraction of sp³-hybridized carbons (Fsp3) is 0.250. The van der Waals surface area contributed by atoms with Gasteiger partial charge in [0.25, 0.3) is 11.8 Å². The van der Waals surface area contributed by atoms with Gasteiger partial charge in [-0.05, 0) is 35.9 Å². The molecule has 2 amide bonds. The Morgan fingerprint density at radius 2 is 2.00 bits per heavy atom. The Morgan fingerprint density at radius 1 is 1.18 bits per heavy atom. The Kier molecular flexibility index (Phi) is 4.78. The standard InChI is InChI=1S/C20H19N3O3S2/c1-20(2)11-23(10-12-9-16(18(24)22-26)28-17(12)20)19(25)15-7-6-14(27-15)13-5-3-4-8-21-13/h3-9,26H,10-11H2,1-2H3,(H,22,24). The number of carbonyl (C=O) groups is 2. The van der Waals surface area contributed by atoms with Crippen molar-refractivity contribution in [2.24, 2.45) is 0 Å². The molecule has 6 nitrogen and oxygen atoms in total. The summed E-state index contributed by atoms with van der Waals surface area (Å²) in [7, 11) is 0. The molecule has 0 unspecified atom stereocenters. The van der Waals surface area contributed by atoms with Gasteiger partial charge in [0.1, 0.15) is 0 Å². The van der Waals surface area contributed by atoms with Crippen molar-refractivity contribution >= 4 is 34.5 Å². The van der Waals surface area contributed by atoms with Crippen LogP contribution >= 0.6 is 22.7 Å². The lowest BCUT2D eigenvalue weighted by atomic mass is 9.85. The van der Waals surface area contributed by atoms with Crippen LogP contribution in [0, 0.1) is 0 Å². The number of aromatic nitrogens is 1. The first-order valence-corrected chi connectivity index (χ1v) is 10.4. The average Bonchev–Trinajstić information content (AvgIpc) is 3.35. The van der Waals surface area contributed by atoms with Gasteiger partial charge in [-0.15, -0.1) is 22.7 Å². The van der Waals surface area contributed by atoms with Gasteiger partial charge >= 0.3 is 0 Å². The highest BCUT2D eigenvalue weighted by atomic mass is 32.1. The average molecular weight is 414 g/mol. The van der Waals surface area contributed by atoms with Gasteiger partial charge in [0, 0.05) is 29.6 Å². The van der Waals surface area contributed by atoms with Crippen molar-refractivity contribution in [1.82, 2.24) is 15.4 Å². The first kappa shape index (κ1) is 18.8. The van der Waals surface area contributed by atoms with E-state index in [0.717, 1.165) is 21.0 Å². The monoisotopic (exact) mass is 413 g/mol. The van der Waals surface area contributed by atoms with Gasteiger partial charge in [-0.1, -0.05) is 19.9 Å². The van der Waals surface area contributed by atoms with Gasteiger partial charge in [-0.2, -0.15) is 0 Å². The van der Waals surface area contributed by atoms with E-state index in [0.29, 0.717) is 22.8 Å². The molecular formula is C20H19N3O3S2. The van der Waals surface area contributed by atoms with Crippen LogP contribution in [0.5, 0.6) is 0 Å². The molecule has 0 bridgehead atoms. The van der Waals surface area contributed by atoms with Crippen LogP contribution in [0.1, 0.15) is 43.6 Å². The number of amides is 2. The minimum atomic E-state index is -0.522. The second kappa shape index (κ2) is 7.12. The zero-order valence-corrected chi connectivity index (χ0v) is 17.1. The number of hydrogen-bond acceptors (Lipinski definition) is 6. The Bertz CT molecular complexity index is 1040. The van der Waals surface area contributed by atoms with E-state index in [2.05, 4.69) is 18.8 Å². The molecule has 28 heavy (non-hydrogen) atoms. The van der Waals surface area contributed by atoms with Gasteiger partial charge < -0.3 is 4.90 Å². The molecule has 0 fully saturated rings. The lowest BCUT2D eigenvalue weighted by Crippen LogP contribution is -2.44. The van der Waals surface area contributed by atoms with Gasteiger partial charge in [-0.3, -0.25) is 19.8 Å². The minimum absolute atomic E-state index is 0.0229. The molecule has 4 heterocycles. The summed E-state index contributed by atoms with van der Waals surface area (Å²) in [5.41, 5.74) is 3.21. The maximum Gasteiger partial charge on any atom is 0.284 e. The van der Waals surface area contributed by atoms with Crippen LogP contribution in [-0.2, 0) is 12.0 Å². The van der Waals surface area contributed by atoms with Crippen molar-refractivity contribution in [2.45, 2.75) is 25.8 Å². The molecule has 0 aromatic carbocycles.